The van der Waals surface area contributed by atoms with E-state index in [9.17, 15) is 18.0 Å². The third kappa shape index (κ3) is 3.53. The Bertz CT molecular complexity index is 1110. The van der Waals surface area contributed by atoms with Gasteiger partial charge in [0.1, 0.15) is 5.75 Å². The van der Waals surface area contributed by atoms with Crippen molar-refractivity contribution in [1.82, 2.24) is 0 Å². The highest BCUT2D eigenvalue weighted by atomic mass is 32.2. The van der Waals surface area contributed by atoms with Gasteiger partial charge in [-0.25, -0.2) is 8.42 Å². The SMILES string of the molecule is CC(=O)N1CCCc2cc(S(=O)(=O)Nc3ccc4c(c3)N(C)C(=O)CO4)ccc21. The van der Waals surface area contributed by atoms with Crippen LogP contribution in [-0.4, -0.2) is 40.4 Å². The fraction of sp³-hybridized carbons (Fsp3) is 0.300. The van der Waals surface area contributed by atoms with Crippen LogP contribution in [0, 0.1) is 0 Å². The molecule has 8 nitrogen and oxygen atoms in total. The minimum Gasteiger partial charge on any atom is -0.482 e. The van der Waals surface area contributed by atoms with Crippen molar-refractivity contribution in [3.05, 3.63) is 42.0 Å². The number of hydrogen-bond donors (Lipinski definition) is 1. The molecule has 0 saturated heterocycles. The predicted molar refractivity (Wildman–Crippen MR) is 109 cm³/mol. The number of hydrogen-bond acceptors (Lipinski definition) is 5. The van der Waals surface area contributed by atoms with Gasteiger partial charge in [-0.05, 0) is 54.8 Å². The Hall–Kier alpha value is -3.07. The van der Waals surface area contributed by atoms with Gasteiger partial charge in [-0.2, -0.15) is 0 Å². The molecule has 1 N–H and O–H groups in total. The molecule has 0 unspecified atom stereocenters. The molecular weight excluding hydrogens is 394 g/mol. The number of carbonyl (C=O) groups is 2. The summed E-state index contributed by atoms with van der Waals surface area (Å²) in [4.78, 5) is 26.9. The fourth-order valence-corrected chi connectivity index (χ4v) is 4.72. The Balaban J connectivity index is 1.63. The lowest BCUT2D eigenvalue weighted by Crippen LogP contribution is -2.35. The Kier molecular flexibility index (Phi) is 4.70. The van der Waals surface area contributed by atoms with Crippen molar-refractivity contribution >= 4 is 38.9 Å². The van der Waals surface area contributed by atoms with Crippen LogP contribution in [-0.2, 0) is 26.0 Å². The number of fused-ring (bicyclic) bond motifs is 2. The number of nitrogens with zero attached hydrogens (tertiary/aromatic N) is 2. The van der Waals surface area contributed by atoms with Crippen LogP contribution in [0.2, 0.25) is 0 Å². The van der Waals surface area contributed by atoms with Crippen molar-refractivity contribution in [2.45, 2.75) is 24.7 Å². The second-order valence-electron chi connectivity index (χ2n) is 7.09. The van der Waals surface area contributed by atoms with Gasteiger partial charge in [0.05, 0.1) is 16.3 Å². The van der Waals surface area contributed by atoms with Gasteiger partial charge in [-0.3, -0.25) is 14.3 Å². The molecule has 2 aromatic rings. The standard InChI is InChI=1S/C20H21N3O5S/c1-13(24)23-9-3-4-14-10-16(6-7-17(14)23)29(26,27)21-15-5-8-19-18(11-15)22(2)20(25)12-28-19/h5-8,10-11,21H,3-4,9,12H2,1-2H3. The summed E-state index contributed by atoms with van der Waals surface area (Å²) in [5.41, 5.74) is 2.42. The van der Waals surface area contributed by atoms with Crippen LogP contribution in [0.5, 0.6) is 5.75 Å². The molecule has 0 saturated carbocycles. The molecule has 2 aliphatic heterocycles. The molecule has 0 atom stereocenters. The van der Waals surface area contributed by atoms with Gasteiger partial charge in [-0.15, -0.1) is 0 Å². The van der Waals surface area contributed by atoms with Crippen LogP contribution in [0.15, 0.2) is 41.3 Å². The van der Waals surface area contributed by atoms with E-state index in [4.69, 9.17) is 4.74 Å². The number of sulfonamides is 1. The number of carbonyl (C=O) groups excluding carboxylic acids is 2. The molecule has 29 heavy (non-hydrogen) atoms. The highest BCUT2D eigenvalue weighted by molar-refractivity contribution is 7.92. The Labute approximate surface area is 169 Å². The third-order valence-electron chi connectivity index (χ3n) is 5.16. The summed E-state index contributed by atoms with van der Waals surface area (Å²) in [7, 11) is -2.22. The van der Waals surface area contributed by atoms with Crippen LogP contribution in [0.3, 0.4) is 0 Å². The summed E-state index contributed by atoms with van der Waals surface area (Å²) in [6.07, 6.45) is 1.50. The largest absolute Gasteiger partial charge is 0.482 e. The topological polar surface area (TPSA) is 96.0 Å². The molecule has 2 aromatic carbocycles. The highest BCUT2D eigenvalue weighted by Gasteiger charge is 2.25. The van der Waals surface area contributed by atoms with Crippen molar-refractivity contribution in [2.75, 3.05) is 34.7 Å². The van der Waals surface area contributed by atoms with Crippen LogP contribution in [0.4, 0.5) is 17.1 Å². The minimum atomic E-state index is -3.84. The fourth-order valence-electron chi connectivity index (χ4n) is 3.62. The summed E-state index contributed by atoms with van der Waals surface area (Å²) in [5, 5.41) is 0. The smallest absolute Gasteiger partial charge is 0.264 e. The van der Waals surface area contributed by atoms with E-state index in [0.717, 1.165) is 17.7 Å². The van der Waals surface area contributed by atoms with E-state index in [1.165, 1.54) is 17.9 Å². The quantitative estimate of drug-likeness (QED) is 0.829. The lowest BCUT2D eigenvalue weighted by Gasteiger charge is -2.29. The number of benzene rings is 2. The summed E-state index contributed by atoms with van der Waals surface area (Å²) in [5.74, 6) is 0.255. The first-order valence-corrected chi connectivity index (χ1v) is 10.7. The summed E-state index contributed by atoms with van der Waals surface area (Å²) in [6, 6.07) is 9.59. The maximum atomic E-state index is 12.9. The van der Waals surface area contributed by atoms with E-state index in [2.05, 4.69) is 4.72 Å². The molecule has 0 aromatic heterocycles. The number of nitrogens with one attached hydrogen (secondary N) is 1. The normalized spacial score (nSPS) is 16.0. The number of aryl methyl sites for hydroxylation is 1. The molecule has 0 aliphatic carbocycles. The van der Waals surface area contributed by atoms with E-state index in [-0.39, 0.29) is 23.3 Å². The summed E-state index contributed by atoms with van der Waals surface area (Å²) in [6.45, 7) is 2.10. The van der Waals surface area contributed by atoms with Crippen molar-refractivity contribution in [3.8, 4) is 5.75 Å². The summed E-state index contributed by atoms with van der Waals surface area (Å²) >= 11 is 0. The number of anilines is 3. The third-order valence-corrected chi connectivity index (χ3v) is 6.54. The Morgan fingerprint density at radius 3 is 2.69 bits per heavy atom. The molecule has 0 fully saturated rings. The van der Waals surface area contributed by atoms with E-state index in [1.54, 1.807) is 42.3 Å². The van der Waals surface area contributed by atoms with Gasteiger partial charge in [-0.1, -0.05) is 0 Å². The number of ether oxygens (including phenoxy) is 1. The molecule has 152 valence electrons. The number of amides is 2. The van der Waals surface area contributed by atoms with Crippen LogP contribution in [0.25, 0.3) is 0 Å². The maximum Gasteiger partial charge on any atom is 0.264 e. The second kappa shape index (κ2) is 7.07. The highest BCUT2D eigenvalue weighted by Crippen LogP contribution is 2.35. The van der Waals surface area contributed by atoms with E-state index in [1.807, 2.05) is 0 Å². The molecular formula is C20H21N3O5S. The van der Waals surface area contributed by atoms with Gasteiger partial charge >= 0.3 is 0 Å². The first-order chi connectivity index (χ1) is 13.8. The van der Waals surface area contributed by atoms with E-state index < -0.39 is 10.0 Å². The molecule has 2 heterocycles. The van der Waals surface area contributed by atoms with Gasteiger partial charge in [0.15, 0.2) is 6.61 Å². The monoisotopic (exact) mass is 415 g/mol. The molecule has 2 aliphatic rings. The zero-order chi connectivity index (χ0) is 20.8. The Morgan fingerprint density at radius 1 is 1.14 bits per heavy atom. The van der Waals surface area contributed by atoms with Crippen LogP contribution < -0.4 is 19.3 Å². The van der Waals surface area contributed by atoms with Gasteiger partial charge in [0.25, 0.3) is 15.9 Å². The van der Waals surface area contributed by atoms with Crippen molar-refractivity contribution in [2.24, 2.45) is 0 Å². The van der Waals surface area contributed by atoms with E-state index in [0.29, 0.717) is 30.1 Å². The van der Waals surface area contributed by atoms with Crippen LogP contribution in [0.1, 0.15) is 18.9 Å². The summed E-state index contributed by atoms with van der Waals surface area (Å²) < 4.78 is 33.8. The van der Waals surface area contributed by atoms with Gasteiger partial charge < -0.3 is 14.5 Å². The molecule has 4 rings (SSSR count). The predicted octanol–water partition coefficient (Wildman–Crippen LogP) is 2.14. The molecule has 0 bridgehead atoms. The minimum absolute atomic E-state index is 0.0407. The van der Waals surface area contributed by atoms with Crippen molar-refractivity contribution < 1.29 is 22.7 Å². The Morgan fingerprint density at radius 2 is 1.93 bits per heavy atom. The van der Waals surface area contributed by atoms with Gasteiger partial charge in [0, 0.05) is 26.2 Å². The average Bonchev–Trinajstić information content (AvgIpc) is 2.70. The lowest BCUT2D eigenvalue weighted by atomic mass is 10.0. The van der Waals surface area contributed by atoms with Crippen molar-refractivity contribution in [3.63, 3.8) is 0 Å². The first kappa shape index (κ1) is 19.3. The zero-order valence-corrected chi connectivity index (χ0v) is 17.0. The molecule has 2 amide bonds. The first-order valence-electron chi connectivity index (χ1n) is 9.23. The number of rotatable bonds is 3. The molecule has 0 spiro atoms. The molecule has 9 heteroatoms. The van der Waals surface area contributed by atoms with E-state index >= 15 is 0 Å². The van der Waals surface area contributed by atoms with Crippen molar-refractivity contribution in [1.29, 1.82) is 0 Å². The zero-order valence-electron chi connectivity index (χ0n) is 16.1. The second-order valence-corrected chi connectivity index (χ2v) is 8.78. The lowest BCUT2D eigenvalue weighted by molar-refractivity contribution is -0.121. The average molecular weight is 415 g/mol. The maximum absolute atomic E-state index is 12.9. The van der Waals surface area contributed by atoms with Gasteiger partial charge in [0.2, 0.25) is 5.91 Å². The van der Waals surface area contributed by atoms with Crippen LogP contribution >= 0.6 is 0 Å². The number of likely N-dealkylation sites (N-methyl/N-ethyl adjacent to an activating group) is 1. The molecule has 0 radical (unpaired) electrons.